The van der Waals surface area contributed by atoms with Crippen LogP contribution in [0.4, 0.5) is 0 Å². The Labute approximate surface area is 187 Å². The summed E-state index contributed by atoms with van der Waals surface area (Å²) in [6, 6.07) is 21.9. The van der Waals surface area contributed by atoms with Gasteiger partial charge in [-0.3, -0.25) is 0 Å². The fourth-order valence-electron chi connectivity index (χ4n) is 4.35. The first-order valence-electron chi connectivity index (χ1n) is 9.26. The summed E-state index contributed by atoms with van der Waals surface area (Å²) >= 11 is -0.826. The number of benzene rings is 3. The van der Waals surface area contributed by atoms with Crippen molar-refractivity contribution < 1.29 is 20.8 Å². The van der Waals surface area contributed by atoms with E-state index < -0.39 is 20.8 Å². The molecule has 3 heteroatoms. The van der Waals surface area contributed by atoms with Gasteiger partial charge in [0, 0.05) is 11.8 Å². The molecule has 0 fully saturated rings. The van der Waals surface area contributed by atoms with Crippen LogP contribution < -0.4 is 0 Å². The normalized spacial score (nSPS) is 16.3. The number of halogens is 2. The van der Waals surface area contributed by atoms with Crippen LogP contribution in [0.25, 0.3) is 10.8 Å². The minimum absolute atomic E-state index is 0.0466. The molecule has 5 rings (SSSR count). The Kier molecular flexibility index (Phi) is 6.36. The molecule has 0 spiro atoms. The average Bonchev–Trinajstić information content (AvgIpc) is 3.34. The average molecular weight is 483 g/mol. The van der Waals surface area contributed by atoms with Gasteiger partial charge in [0.25, 0.3) is 0 Å². The summed E-state index contributed by atoms with van der Waals surface area (Å²) < 4.78 is 0. The summed E-state index contributed by atoms with van der Waals surface area (Å²) in [4.78, 5) is 0. The van der Waals surface area contributed by atoms with Gasteiger partial charge in [-0.2, -0.15) is 0 Å². The Morgan fingerprint density at radius 3 is 2.14 bits per heavy atom. The van der Waals surface area contributed by atoms with E-state index in [-0.39, 0.29) is 5.41 Å². The topological polar surface area (TPSA) is 0 Å². The van der Waals surface area contributed by atoms with Crippen molar-refractivity contribution in [3.63, 3.8) is 0 Å². The van der Waals surface area contributed by atoms with Gasteiger partial charge in [0.2, 0.25) is 0 Å². The van der Waals surface area contributed by atoms with E-state index in [4.69, 9.17) is 17.0 Å². The maximum atomic E-state index is 4.93. The van der Waals surface area contributed by atoms with Crippen LogP contribution in [0.1, 0.15) is 36.1 Å². The Hall–Kier alpha value is -0.617. The van der Waals surface area contributed by atoms with Gasteiger partial charge in [0.05, 0.1) is 0 Å². The Morgan fingerprint density at radius 1 is 0.679 bits per heavy atom. The van der Waals surface area contributed by atoms with Crippen molar-refractivity contribution in [2.45, 2.75) is 13.8 Å². The molecule has 28 heavy (non-hydrogen) atoms. The third kappa shape index (κ3) is 3.64. The second-order valence-electron chi connectivity index (χ2n) is 7.53. The van der Waals surface area contributed by atoms with Crippen LogP contribution in [0.15, 0.2) is 60.7 Å². The standard InChI is InChI=1S/C25H20.2ClH.Zr/c1-25(2,22-15-13-17-7-3-5-9-20(17)22)23-16-14-19-12-11-18-8-4-6-10-21(18)24(19)23;;;/h3-16H,1-2H3;2*1H;/q;;;+4/p-2. The molecule has 0 saturated heterocycles. The zero-order valence-corrected chi connectivity index (χ0v) is 19.8. The summed E-state index contributed by atoms with van der Waals surface area (Å²) in [6.07, 6.45) is 9.13. The molecule has 0 unspecified atom stereocenters. The van der Waals surface area contributed by atoms with Crippen LogP contribution >= 0.6 is 17.0 Å². The zero-order chi connectivity index (χ0) is 19.7. The molecule has 0 amide bonds. The maximum absolute atomic E-state index is 4.93. The van der Waals surface area contributed by atoms with Crippen molar-refractivity contribution in [1.82, 2.24) is 0 Å². The number of hydrogen-bond acceptors (Lipinski definition) is 0. The predicted octanol–water partition coefficient (Wildman–Crippen LogP) is 7.33. The molecule has 0 aromatic heterocycles. The SMILES string of the molecule is CC(C)([C]1[CH][CH]c2ccccc21)[C]1[CH][CH]c2ccc3ccccc3c21.[Cl][Zr+2][Cl]. The second kappa shape index (κ2) is 8.63. The van der Waals surface area contributed by atoms with Gasteiger partial charge in [-0.1, -0.05) is 74.5 Å². The Balaban J connectivity index is 0.000000604. The van der Waals surface area contributed by atoms with E-state index in [9.17, 15) is 0 Å². The van der Waals surface area contributed by atoms with Gasteiger partial charge < -0.3 is 0 Å². The molecule has 6 radical (unpaired) electrons. The molecule has 0 bridgehead atoms. The number of rotatable bonds is 2. The number of hydrogen-bond donors (Lipinski definition) is 0. The molecule has 0 saturated carbocycles. The molecule has 136 valence electrons. The molecule has 0 nitrogen and oxygen atoms in total. The molecule has 3 aromatic rings. The van der Waals surface area contributed by atoms with Crippen LogP contribution in [0.3, 0.4) is 0 Å². The van der Waals surface area contributed by atoms with Crippen molar-refractivity contribution in [2.75, 3.05) is 0 Å². The first-order valence-corrected chi connectivity index (χ1v) is 15.6. The van der Waals surface area contributed by atoms with Gasteiger partial charge >= 0.3 is 37.9 Å². The second-order valence-corrected chi connectivity index (χ2v) is 11.3. The summed E-state index contributed by atoms with van der Waals surface area (Å²) in [5.41, 5.74) is 5.37. The third-order valence-corrected chi connectivity index (χ3v) is 5.69. The fourth-order valence-corrected chi connectivity index (χ4v) is 4.35. The van der Waals surface area contributed by atoms with Gasteiger partial charge in [-0.15, -0.1) is 0 Å². The molecule has 3 aromatic carbocycles. The third-order valence-electron chi connectivity index (χ3n) is 5.69. The van der Waals surface area contributed by atoms with E-state index in [0.717, 1.165) is 0 Å². The summed E-state index contributed by atoms with van der Waals surface area (Å²) in [6.45, 7) is 4.70. The van der Waals surface area contributed by atoms with E-state index in [1.807, 2.05) is 0 Å². The molecular formula is C25H20Cl2Zr+2. The van der Waals surface area contributed by atoms with Crippen molar-refractivity contribution in [2.24, 2.45) is 5.41 Å². The molecular weight excluding hydrogens is 462 g/mol. The number of fused-ring (bicyclic) bond motifs is 4. The van der Waals surface area contributed by atoms with Gasteiger partial charge in [-0.05, 0) is 64.1 Å². The molecule has 0 atom stereocenters. The van der Waals surface area contributed by atoms with Crippen molar-refractivity contribution in [1.29, 1.82) is 0 Å². The summed E-state index contributed by atoms with van der Waals surface area (Å²) in [5.74, 6) is 2.82. The van der Waals surface area contributed by atoms with Crippen LogP contribution in [-0.2, 0) is 20.8 Å². The zero-order valence-electron chi connectivity index (χ0n) is 15.8. The molecule has 0 N–H and O–H groups in total. The van der Waals surface area contributed by atoms with Crippen LogP contribution in [0, 0.1) is 42.9 Å². The van der Waals surface area contributed by atoms with E-state index in [0.29, 0.717) is 0 Å². The molecule has 0 aliphatic heterocycles. The first-order chi connectivity index (χ1) is 13.6. The van der Waals surface area contributed by atoms with Crippen molar-refractivity contribution >= 4 is 27.8 Å². The van der Waals surface area contributed by atoms with Crippen molar-refractivity contribution in [3.05, 3.63) is 120 Å². The quantitative estimate of drug-likeness (QED) is 0.359. The Bertz CT molecular complexity index is 979. The summed E-state index contributed by atoms with van der Waals surface area (Å²) in [5, 5.41) is 2.66. The van der Waals surface area contributed by atoms with Crippen LogP contribution in [-0.4, -0.2) is 0 Å². The van der Waals surface area contributed by atoms with Gasteiger partial charge in [0.1, 0.15) is 0 Å². The predicted molar refractivity (Wildman–Crippen MR) is 116 cm³/mol. The molecule has 2 aliphatic carbocycles. The fraction of sp³-hybridized carbons (Fsp3) is 0.120. The molecule has 0 heterocycles. The van der Waals surface area contributed by atoms with E-state index in [1.54, 1.807) is 0 Å². The van der Waals surface area contributed by atoms with E-state index in [1.165, 1.54) is 44.9 Å². The van der Waals surface area contributed by atoms with Crippen LogP contribution in [0.2, 0.25) is 0 Å². The monoisotopic (exact) mass is 480 g/mol. The Morgan fingerprint density at radius 2 is 1.32 bits per heavy atom. The van der Waals surface area contributed by atoms with Gasteiger partial charge in [-0.25, -0.2) is 0 Å². The minimum atomic E-state index is -0.826. The van der Waals surface area contributed by atoms with Gasteiger partial charge in [0.15, 0.2) is 0 Å². The van der Waals surface area contributed by atoms with E-state index in [2.05, 4.69) is 100 Å². The summed E-state index contributed by atoms with van der Waals surface area (Å²) in [7, 11) is 9.87. The van der Waals surface area contributed by atoms with Crippen LogP contribution in [0.5, 0.6) is 0 Å². The molecule has 2 aliphatic rings. The van der Waals surface area contributed by atoms with E-state index >= 15 is 0 Å². The van der Waals surface area contributed by atoms with Crippen molar-refractivity contribution in [3.8, 4) is 0 Å². The first kappa shape index (κ1) is 20.6.